The van der Waals surface area contributed by atoms with E-state index < -0.39 is 0 Å². The van der Waals surface area contributed by atoms with Gasteiger partial charge in [0.15, 0.2) is 0 Å². The van der Waals surface area contributed by atoms with Crippen LogP contribution in [0.2, 0.25) is 0 Å². The fraction of sp³-hybridized carbons (Fsp3) is 0.929. The summed E-state index contributed by atoms with van der Waals surface area (Å²) in [5.74, 6) is -0.142. The molecule has 0 bridgehead atoms. The van der Waals surface area contributed by atoms with Gasteiger partial charge in [-0.3, -0.25) is 4.79 Å². The van der Waals surface area contributed by atoms with Gasteiger partial charge in [0.2, 0.25) is 0 Å². The number of hydrogen-bond acceptors (Lipinski definition) is 4. The summed E-state index contributed by atoms with van der Waals surface area (Å²) in [6.07, 6.45) is 4.17. The molecule has 4 heteroatoms. The molecule has 1 atom stereocenters. The summed E-state index contributed by atoms with van der Waals surface area (Å²) in [5.41, 5.74) is 0. The van der Waals surface area contributed by atoms with E-state index >= 15 is 0 Å². The molecule has 0 fully saturated rings. The summed E-state index contributed by atoms with van der Waals surface area (Å²) >= 11 is 0. The van der Waals surface area contributed by atoms with Crippen molar-refractivity contribution >= 4 is 5.97 Å². The van der Waals surface area contributed by atoms with Crippen molar-refractivity contribution in [3.63, 3.8) is 0 Å². The van der Waals surface area contributed by atoms with E-state index in [9.17, 15) is 4.79 Å². The van der Waals surface area contributed by atoms with Gasteiger partial charge >= 0.3 is 5.97 Å². The highest BCUT2D eigenvalue weighted by Crippen LogP contribution is 2.01. The number of carbonyl (C=O) groups is 1. The third-order valence-electron chi connectivity index (χ3n) is 2.94. The second-order valence-corrected chi connectivity index (χ2v) is 4.66. The van der Waals surface area contributed by atoms with Crippen LogP contribution in [-0.2, 0) is 9.53 Å². The molecule has 0 saturated carbocycles. The maximum Gasteiger partial charge on any atom is 0.322 e. The summed E-state index contributed by atoms with van der Waals surface area (Å²) in [6, 6.07) is -0.161. The maximum absolute atomic E-state index is 11.6. The molecule has 0 spiro atoms. The number of nitrogens with one attached hydrogen (secondary N) is 1. The summed E-state index contributed by atoms with van der Waals surface area (Å²) in [5, 5.41) is 3.26. The third kappa shape index (κ3) is 7.67. The molecule has 108 valence electrons. The SMILES string of the molecule is CCCNC(CCN(CCC)CCC)C(=O)OC. The minimum Gasteiger partial charge on any atom is -0.468 e. The first-order valence-electron chi connectivity index (χ1n) is 7.23. The van der Waals surface area contributed by atoms with E-state index in [0.29, 0.717) is 0 Å². The number of nitrogens with zero attached hydrogens (tertiary/aromatic N) is 1. The van der Waals surface area contributed by atoms with Crippen molar-refractivity contribution in [1.29, 1.82) is 0 Å². The molecule has 0 radical (unpaired) electrons. The van der Waals surface area contributed by atoms with E-state index in [0.717, 1.165) is 51.9 Å². The fourth-order valence-electron chi connectivity index (χ4n) is 2.04. The van der Waals surface area contributed by atoms with Gasteiger partial charge in [0, 0.05) is 6.54 Å². The zero-order valence-corrected chi connectivity index (χ0v) is 12.5. The van der Waals surface area contributed by atoms with Crippen LogP contribution >= 0.6 is 0 Å². The molecule has 0 aliphatic rings. The minimum absolute atomic E-state index is 0.142. The molecule has 0 amide bonds. The van der Waals surface area contributed by atoms with Crippen LogP contribution in [0.1, 0.15) is 46.5 Å². The highest BCUT2D eigenvalue weighted by molar-refractivity contribution is 5.75. The first kappa shape index (κ1) is 17.4. The van der Waals surface area contributed by atoms with Gasteiger partial charge in [-0.05, 0) is 45.3 Å². The predicted molar refractivity (Wildman–Crippen MR) is 75.7 cm³/mol. The number of rotatable bonds is 11. The molecule has 1 unspecified atom stereocenters. The fourth-order valence-corrected chi connectivity index (χ4v) is 2.04. The average Bonchev–Trinajstić information content (AvgIpc) is 2.38. The monoisotopic (exact) mass is 258 g/mol. The number of methoxy groups -OCH3 is 1. The number of hydrogen-bond donors (Lipinski definition) is 1. The first-order valence-corrected chi connectivity index (χ1v) is 7.23. The molecule has 0 heterocycles. The van der Waals surface area contributed by atoms with Crippen molar-refractivity contribution in [2.24, 2.45) is 0 Å². The van der Waals surface area contributed by atoms with Gasteiger partial charge < -0.3 is 15.0 Å². The van der Waals surface area contributed by atoms with Crippen molar-refractivity contribution in [2.45, 2.75) is 52.5 Å². The summed E-state index contributed by atoms with van der Waals surface area (Å²) in [4.78, 5) is 14.1. The topological polar surface area (TPSA) is 41.6 Å². The Hall–Kier alpha value is -0.610. The zero-order valence-electron chi connectivity index (χ0n) is 12.5. The molecule has 4 nitrogen and oxygen atoms in total. The Morgan fingerprint density at radius 3 is 2.17 bits per heavy atom. The van der Waals surface area contributed by atoms with Gasteiger partial charge in [-0.15, -0.1) is 0 Å². The van der Waals surface area contributed by atoms with Crippen molar-refractivity contribution in [2.75, 3.05) is 33.3 Å². The Kier molecular flexibility index (Phi) is 11.1. The lowest BCUT2D eigenvalue weighted by atomic mass is 10.2. The second kappa shape index (κ2) is 11.5. The molecule has 0 rings (SSSR count). The third-order valence-corrected chi connectivity index (χ3v) is 2.94. The Balaban J connectivity index is 4.15. The van der Waals surface area contributed by atoms with Crippen LogP contribution in [0.5, 0.6) is 0 Å². The predicted octanol–water partition coefficient (Wildman–Crippen LogP) is 2.04. The van der Waals surface area contributed by atoms with E-state index in [1.807, 2.05) is 0 Å². The molecule has 0 aromatic rings. The number of carbonyl (C=O) groups excluding carboxylic acids is 1. The van der Waals surface area contributed by atoms with E-state index in [1.165, 1.54) is 7.11 Å². The lowest BCUT2D eigenvalue weighted by molar-refractivity contribution is -0.143. The lowest BCUT2D eigenvalue weighted by Crippen LogP contribution is -2.41. The standard InChI is InChI=1S/C14H30N2O2/c1-5-9-15-13(14(17)18-4)8-12-16(10-6-2)11-7-3/h13,15H,5-12H2,1-4H3. The molecular formula is C14H30N2O2. The molecule has 0 saturated heterocycles. The van der Waals surface area contributed by atoms with Gasteiger partial charge in [0.05, 0.1) is 7.11 Å². The van der Waals surface area contributed by atoms with Crippen LogP contribution in [0.3, 0.4) is 0 Å². The van der Waals surface area contributed by atoms with Crippen LogP contribution in [0, 0.1) is 0 Å². The molecular weight excluding hydrogens is 228 g/mol. The van der Waals surface area contributed by atoms with Crippen molar-refractivity contribution in [3.8, 4) is 0 Å². The highest BCUT2D eigenvalue weighted by atomic mass is 16.5. The van der Waals surface area contributed by atoms with Gasteiger partial charge in [-0.2, -0.15) is 0 Å². The highest BCUT2D eigenvalue weighted by Gasteiger charge is 2.18. The lowest BCUT2D eigenvalue weighted by Gasteiger charge is -2.23. The van der Waals surface area contributed by atoms with E-state index in [1.54, 1.807) is 0 Å². The van der Waals surface area contributed by atoms with Crippen LogP contribution < -0.4 is 5.32 Å². The van der Waals surface area contributed by atoms with Crippen LogP contribution in [0.15, 0.2) is 0 Å². The van der Waals surface area contributed by atoms with Crippen LogP contribution in [0.25, 0.3) is 0 Å². The molecule has 0 aliphatic heterocycles. The van der Waals surface area contributed by atoms with Crippen molar-refractivity contribution < 1.29 is 9.53 Å². The van der Waals surface area contributed by atoms with Gasteiger partial charge in [-0.1, -0.05) is 20.8 Å². The van der Waals surface area contributed by atoms with Crippen molar-refractivity contribution in [1.82, 2.24) is 10.2 Å². The number of ether oxygens (including phenoxy) is 1. The number of esters is 1. The molecule has 18 heavy (non-hydrogen) atoms. The molecule has 0 aliphatic carbocycles. The quantitative estimate of drug-likeness (QED) is 0.576. The Morgan fingerprint density at radius 2 is 1.72 bits per heavy atom. The van der Waals surface area contributed by atoms with Crippen LogP contribution in [-0.4, -0.2) is 50.2 Å². The second-order valence-electron chi connectivity index (χ2n) is 4.66. The Labute approximate surface area is 112 Å². The smallest absolute Gasteiger partial charge is 0.322 e. The molecule has 1 N–H and O–H groups in total. The largest absolute Gasteiger partial charge is 0.468 e. The van der Waals surface area contributed by atoms with Gasteiger partial charge in [0.1, 0.15) is 6.04 Å². The Morgan fingerprint density at radius 1 is 1.11 bits per heavy atom. The van der Waals surface area contributed by atoms with Crippen molar-refractivity contribution in [3.05, 3.63) is 0 Å². The summed E-state index contributed by atoms with van der Waals surface area (Å²) < 4.78 is 4.84. The van der Waals surface area contributed by atoms with E-state index in [4.69, 9.17) is 4.74 Å². The van der Waals surface area contributed by atoms with E-state index in [2.05, 4.69) is 31.0 Å². The van der Waals surface area contributed by atoms with Gasteiger partial charge in [0.25, 0.3) is 0 Å². The normalized spacial score (nSPS) is 12.7. The molecule has 0 aromatic carbocycles. The average molecular weight is 258 g/mol. The first-order chi connectivity index (χ1) is 8.69. The zero-order chi connectivity index (χ0) is 13.8. The summed E-state index contributed by atoms with van der Waals surface area (Å²) in [6.45, 7) is 10.5. The van der Waals surface area contributed by atoms with E-state index in [-0.39, 0.29) is 12.0 Å². The molecule has 0 aromatic heterocycles. The maximum atomic E-state index is 11.6. The van der Waals surface area contributed by atoms with Gasteiger partial charge in [-0.25, -0.2) is 0 Å². The Bertz CT molecular complexity index is 204. The summed E-state index contributed by atoms with van der Waals surface area (Å²) in [7, 11) is 1.46. The van der Waals surface area contributed by atoms with Crippen LogP contribution in [0.4, 0.5) is 0 Å². The minimum atomic E-state index is -0.161.